The maximum Gasteiger partial charge on any atom is 0.242 e. The van der Waals surface area contributed by atoms with Crippen molar-refractivity contribution in [3.63, 3.8) is 0 Å². The molecule has 1 aromatic carbocycles. The second-order valence-electron chi connectivity index (χ2n) is 5.25. The maximum absolute atomic E-state index is 12.3. The van der Waals surface area contributed by atoms with Crippen molar-refractivity contribution in [3.05, 3.63) is 30.3 Å². The van der Waals surface area contributed by atoms with E-state index in [2.05, 4.69) is 0 Å². The number of amides is 1. The lowest BCUT2D eigenvalue weighted by Crippen LogP contribution is -2.53. The summed E-state index contributed by atoms with van der Waals surface area (Å²) in [5.74, 6) is 0.869. The van der Waals surface area contributed by atoms with Gasteiger partial charge in [0, 0.05) is 7.05 Å². The summed E-state index contributed by atoms with van der Waals surface area (Å²) in [7, 11) is 1.80. The van der Waals surface area contributed by atoms with Crippen LogP contribution in [0.3, 0.4) is 0 Å². The molecule has 2 N–H and O–H groups in total. The molecule has 0 saturated heterocycles. The third kappa shape index (κ3) is 4.12. The Balaban J connectivity index is 0.00000200. The van der Waals surface area contributed by atoms with E-state index in [-0.39, 0.29) is 18.3 Å². The maximum atomic E-state index is 12.3. The van der Waals surface area contributed by atoms with E-state index >= 15 is 0 Å². The van der Waals surface area contributed by atoms with Crippen LogP contribution in [0.5, 0.6) is 5.75 Å². The van der Waals surface area contributed by atoms with Gasteiger partial charge in [0.15, 0.2) is 0 Å². The molecular weight excluding hydrogens is 276 g/mol. The zero-order valence-corrected chi connectivity index (χ0v) is 12.7. The first-order valence-corrected chi connectivity index (χ1v) is 6.84. The van der Waals surface area contributed by atoms with E-state index in [1.165, 1.54) is 0 Å². The SMILES string of the molecule is CN(CCOc1ccccc1)C(=O)C1(N)CCCC1.Cl. The van der Waals surface area contributed by atoms with Gasteiger partial charge in [-0.15, -0.1) is 12.4 Å². The summed E-state index contributed by atoms with van der Waals surface area (Å²) < 4.78 is 5.59. The number of hydrogen-bond acceptors (Lipinski definition) is 3. The fraction of sp³-hybridized carbons (Fsp3) is 0.533. The molecule has 0 atom stereocenters. The van der Waals surface area contributed by atoms with Crippen LogP contribution < -0.4 is 10.5 Å². The molecule has 0 aromatic heterocycles. The minimum atomic E-state index is -0.637. The molecule has 1 amide bonds. The fourth-order valence-electron chi connectivity index (χ4n) is 2.52. The predicted octanol–water partition coefficient (Wildman–Crippen LogP) is 2.22. The topological polar surface area (TPSA) is 55.6 Å². The minimum absolute atomic E-state index is 0. The first-order valence-electron chi connectivity index (χ1n) is 6.84. The molecule has 20 heavy (non-hydrogen) atoms. The zero-order valence-electron chi connectivity index (χ0n) is 11.9. The Morgan fingerprint density at radius 1 is 1.30 bits per heavy atom. The van der Waals surface area contributed by atoms with E-state index < -0.39 is 5.54 Å². The van der Waals surface area contributed by atoms with Crippen LogP contribution in [0.2, 0.25) is 0 Å². The fourth-order valence-corrected chi connectivity index (χ4v) is 2.52. The van der Waals surface area contributed by atoms with Crippen molar-refractivity contribution in [1.82, 2.24) is 4.90 Å². The van der Waals surface area contributed by atoms with Crippen LogP contribution in [-0.2, 0) is 4.79 Å². The summed E-state index contributed by atoms with van der Waals surface area (Å²) >= 11 is 0. The molecule has 112 valence electrons. The summed E-state index contributed by atoms with van der Waals surface area (Å²) in [6.07, 6.45) is 3.71. The molecule has 0 aliphatic heterocycles. The van der Waals surface area contributed by atoms with Crippen molar-refractivity contribution >= 4 is 18.3 Å². The van der Waals surface area contributed by atoms with E-state index in [4.69, 9.17) is 10.5 Å². The third-order valence-corrected chi connectivity index (χ3v) is 3.71. The highest BCUT2D eigenvalue weighted by molar-refractivity contribution is 5.86. The van der Waals surface area contributed by atoms with Crippen molar-refractivity contribution in [2.24, 2.45) is 5.73 Å². The highest BCUT2D eigenvalue weighted by Crippen LogP contribution is 2.28. The predicted molar refractivity (Wildman–Crippen MR) is 82.2 cm³/mol. The van der Waals surface area contributed by atoms with Gasteiger partial charge >= 0.3 is 0 Å². The highest BCUT2D eigenvalue weighted by Gasteiger charge is 2.38. The number of para-hydroxylation sites is 1. The highest BCUT2D eigenvalue weighted by atomic mass is 35.5. The van der Waals surface area contributed by atoms with Crippen molar-refractivity contribution in [1.29, 1.82) is 0 Å². The van der Waals surface area contributed by atoms with Gasteiger partial charge < -0.3 is 15.4 Å². The van der Waals surface area contributed by atoms with Crippen molar-refractivity contribution in [3.8, 4) is 5.75 Å². The molecule has 5 heteroatoms. The lowest BCUT2D eigenvalue weighted by molar-refractivity contribution is -0.135. The Kier molecular flexibility index (Phi) is 6.30. The van der Waals surface area contributed by atoms with Gasteiger partial charge in [-0.1, -0.05) is 31.0 Å². The summed E-state index contributed by atoms with van der Waals surface area (Å²) in [4.78, 5) is 13.9. The molecule has 0 heterocycles. The zero-order chi connectivity index (χ0) is 13.7. The number of ether oxygens (including phenoxy) is 1. The van der Waals surface area contributed by atoms with E-state index in [0.717, 1.165) is 31.4 Å². The van der Waals surface area contributed by atoms with Gasteiger partial charge in [0.1, 0.15) is 12.4 Å². The van der Waals surface area contributed by atoms with Crippen LogP contribution >= 0.6 is 12.4 Å². The van der Waals surface area contributed by atoms with Gasteiger partial charge in [-0.25, -0.2) is 0 Å². The smallest absolute Gasteiger partial charge is 0.242 e. The lowest BCUT2D eigenvalue weighted by atomic mass is 9.97. The van der Waals surface area contributed by atoms with E-state index in [1.807, 2.05) is 30.3 Å². The molecule has 4 nitrogen and oxygen atoms in total. The molecule has 0 radical (unpaired) electrons. The average Bonchev–Trinajstić information content (AvgIpc) is 2.87. The van der Waals surface area contributed by atoms with Gasteiger partial charge in [0.25, 0.3) is 0 Å². The number of carbonyl (C=O) groups is 1. The number of nitrogens with zero attached hydrogens (tertiary/aromatic N) is 1. The third-order valence-electron chi connectivity index (χ3n) is 3.71. The van der Waals surface area contributed by atoms with Crippen molar-refractivity contribution in [2.45, 2.75) is 31.2 Å². The first kappa shape index (κ1) is 16.8. The molecule has 1 aliphatic carbocycles. The van der Waals surface area contributed by atoms with Crippen LogP contribution in [0.25, 0.3) is 0 Å². The van der Waals surface area contributed by atoms with Crippen molar-refractivity contribution < 1.29 is 9.53 Å². The van der Waals surface area contributed by atoms with Gasteiger partial charge in [-0.05, 0) is 25.0 Å². The number of rotatable bonds is 5. The van der Waals surface area contributed by atoms with Gasteiger partial charge in [-0.3, -0.25) is 4.79 Å². The van der Waals surface area contributed by atoms with Gasteiger partial charge in [0.05, 0.1) is 12.1 Å². The molecule has 1 aromatic rings. The summed E-state index contributed by atoms with van der Waals surface area (Å²) in [5, 5.41) is 0. The minimum Gasteiger partial charge on any atom is -0.492 e. The molecule has 2 rings (SSSR count). The van der Waals surface area contributed by atoms with Gasteiger partial charge in [0.2, 0.25) is 5.91 Å². The Bertz CT molecular complexity index is 419. The van der Waals surface area contributed by atoms with E-state index in [0.29, 0.717) is 13.2 Å². The van der Waals surface area contributed by atoms with Crippen molar-refractivity contribution in [2.75, 3.05) is 20.2 Å². The normalized spacial score (nSPS) is 16.3. The quantitative estimate of drug-likeness (QED) is 0.907. The number of carbonyl (C=O) groups excluding carboxylic acids is 1. The Hall–Kier alpha value is -1.26. The second-order valence-corrected chi connectivity index (χ2v) is 5.25. The Morgan fingerprint density at radius 3 is 2.50 bits per heavy atom. The number of nitrogens with two attached hydrogens (primary N) is 1. The number of benzene rings is 1. The van der Waals surface area contributed by atoms with Gasteiger partial charge in [-0.2, -0.15) is 0 Å². The largest absolute Gasteiger partial charge is 0.492 e. The summed E-state index contributed by atoms with van der Waals surface area (Å²) in [5.41, 5.74) is 5.52. The average molecular weight is 299 g/mol. The molecule has 0 spiro atoms. The standard InChI is InChI=1S/C15H22N2O2.ClH/c1-17(14(18)15(16)9-5-6-10-15)11-12-19-13-7-3-2-4-8-13;/h2-4,7-8H,5-6,9-12,16H2,1H3;1H. The van der Waals surface area contributed by atoms with E-state index in [9.17, 15) is 4.79 Å². The number of halogens is 1. The molecule has 0 bridgehead atoms. The van der Waals surface area contributed by atoms with Crippen LogP contribution in [-0.4, -0.2) is 36.5 Å². The second kappa shape index (κ2) is 7.50. The molecule has 1 aliphatic rings. The number of hydrogen-bond donors (Lipinski definition) is 1. The Morgan fingerprint density at radius 2 is 1.90 bits per heavy atom. The van der Waals surface area contributed by atoms with Crippen LogP contribution in [0.1, 0.15) is 25.7 Å². The summed E-state index contributed by atoms with van der Waals surface area (Å²) in [6.45, 7) is 1.05. The monoisotopic (exact) mass is 298 g/mol. The van der Waals surface area contributed by atoms with E-state index in [1.54, 1.807) is 11.9 Å². The van der Waals surface area contributed by atoms with Crippen LogP contribution in [0.15, 0.2) is 30.3 Å². The first-order chi connectivity index (χ1) is 9.12. The number of likely N-dealkylation sites (N-methyl/N-ethyl adjacent to an activating group) is 1. The molecule has 1 saturated carbocycles. The summed E-state index contributed by atoms with van der Waals surface area (Å²) in [6, 6.07) is 9.61. The molecule has 0 unspecified atom stereocenters. The lowest BCUT2D eigenvalue weighted by Gasteiger charge is -2.28. The Labute approximate surface area is 126 Å². The van der Waals surface area contributed by atoms with Crippen LogP contribution in [0, 0.1) is 0 Å². The molecule has 1 fully saturated rings. The molecular formula is C15H23ClN2O2. The van der Waals surface area contributed by atoms with Crippen LogP contribution in [0.4, 0.5) is 0 Å².